The number of nitrogens with zero attached hydrogens (tertiary/aromatic N) is 3. The van der Waals surface area contributed by atoms with Crippen LogP contribution in [-0.2, 0) is 7.05 Å². The van der Waals surface area contributed by atoms with E-state index in [4.69, 9.17) is 0 Å². The summed E-state index contributed by atoms with van der Waals surface area (Å²) in [4.78, 5) is 32.0. The molecule has 0 atom stereocenters. The molecule has 0 unspecified atom stereocenters. The second-order valence-corrected chi connectivity index (χ2v) is 5.06. The van der Waals surface area contributed by atoms with Gasteiger partial charge in [-0.3, -0.25) is 14.6 Å². The Balaban J connectivity index is 1.72. The molecule has 0 bridgehead atoms. The number of carbonyl (C=O) groups excluding carboxylic acids is 2. The first-order chi connectivity index (χ1) is 10.1. The lowest BCUT2D eigenvalue weighted by atomic mass is 10.2. The minimum atomic E-state index is -0.323. The monoisotopic (exact) mass is 285 g/mol. The maximum atomic E-state index is 12.1. The maximum Gasteiger partial charge on any atom is 0.270 e. The fourth-order valence-electron chi connectivity index (χ4n) is 1.85. The van der Waals surface area contributed by atoms with E-state index in [1.165, 1.54) is 12.3 Å². The smallest absolute Gasteiger partial charge is 0.270 e. The Labute approximate surface area is 121 Å². The van der Waals surface area contributed by atoms with E-state index >= 15 is 0 Å². The first-order valence-corrected chi connectivity index (χ1v) is 6.68. The first kappa shape index (κ1) is 13.3. The number of aryl methyl sites for hydroxylation is 1. The van der Waals surface area contributed by atoms with Crippen LogP contribution in [0, 0.1) is 0 Å². The Bertz CT molecular complexity index is 690. The Morgan fingerprint density at radius 3 is 2.76 bits per heavy atom. The van der Waals surface area contributed by atoms with Crippen LogP contribution in [0.25, 0.3) is 0 Å². The number of amides is 2. The Morgan fingerprint density at radius 2 is 2.10 bits per heavy atom. The largest absolute Gasteiger partial charge is 0.348 e. The third-order valence-corrected chi connectivity index (χ3v) is 3.11. The fourth-order valence-corrected chi connectivity index (χ4v) is 1.85. The second kappa shape index (κ2) is 5.35. The van der Waals surface area contributed by atoms with Gasteiger partial charge in [-0.1, -0.05) is 0 Å². The van der Waals surface area contributed by atoms with Gasteiger partial charge in [-0.15, -0.1) is 0 Å². The summed E-state index contributed by atoms with van der Waals surface area (Å²) < 4.78 is 1.73. The molecule has 2 N–H and O–H groups in total. The summed E-state index contributed by atoms with van der Waals surface area (Å²) in [5.41, 5.74) is 0.618. The van der Waals surface area contributed by atoms with Crippen molar-refractivity contribution in [1.82, 2.24) is 19.9 Å². The summed E-state index contributed by atoms with van der Waals surface area (Å²) >= 11 is 0. The third-order valence-electron chi connectivity index (χ3n) is 3.11. The summed E-state index contributed by atoms with van der Waals surface area (Å²) in [6, 6.07) is 3.30. The topological polar surface area (TPSA) is 88.9 Å². The standard InChI is InChI=1S/C14H15N5O2/c1-19-7-12(16-8-19)18-13(20)9-4-5-15-11(6-9)14(21)17-10-2-3-10/h4-8,10H,2-3H2,1H3,(H,17,21)(H,18,20). The van der Waals surface area contributed by atoms with Crippen molar-refractivity contribution in [1.29, 1.82) is 0 Å². The molecule has 0 aromatic carbocycles. The van der Waals surface area contributed by atoms with Gasteiger partial charge in [0.15, 0.2) is 5.82 Å². The van der Waals surface area contributed by atoms with Crippen molar-refractivity contribution in [2.75, 3.05) is 5.32 Å². The number of nitrogens with one attached hydrogen (secondary N) is 2. The van der Waals surface area contributed by atoms with Gasteiger partial charge in [0.25, 0.3) is 11.8 Å². The maximum absolute atomic E-state index is 12.1. The SMILES string of the molecule is Cn1cnc(NC(=O)c2ccnc(C(=O)NC3CC3)c2)c1. The molecular formula is C14H15N5O2. The van der Waals surface area contributed by atoms with E-state index in [-0.39, 0.29) is 23.6 Å². The minimum absolute atomic E-state index is 0.245. The number of aromatic nitrogens is 3. The Hall–Kier alpha value is -2.70. The van der Waals surface area contributed by atoms with E-state index in [1.807, 2.05) is 7.05 Å². The molecule has 2 aromatic heterocycles. The summed E-state index contributed by atoms with van der Waals surface area (Å²) in [5.74, 6) is -0.107. The highest BCUT2D eigenvalue weighted by atomic mass is 16.2. The third kappa shape index (κ3) is 3.25. The van der Waals surface area contributed by atoms with Gasteiger partial charge in [0, 0.05) is 31.0 Å². The van der Waals surface area contributed by atoms with Crippen LogP contribution in [0.1, 0.15) is 33.7 Å². The number of carbonyl (C=O) groups is 2. The molecule has 1 saturated carbocycles. The van der Waals surface area contributed by atoms with E-state index in [0.717, 1.165) is 12.8 Å². The van der Waals surface area contributed by atoms with E-state index in [2.05, 4.69) is 20.6 Å². The summed E-state index contributed by atoms with van der Waals surface area (Å²) in [5, 5.41) is 5.51. The lowest BCUT2D eigenvalue weighted by Crippen LogP contribution is -2.26. The molecular weight excluding hydrogens is 270 g/mol. The van der Waals surface area contributed by atoms with Crippen molar-refractivity contribution < 1.29 is 9.59 Å². The summed E-state index contributed by atoms with van der Waals surface area (Å²) in [6.45, 7) is 0. The van der Waals surface area contributed by atoms with E-state index < -0.39 is 0 Å². The van der Waals surface area contributed by atoms with Gasteiger partial charge in [-0.2, -0.15) is 0 Å². The molecule has 1 aliphatic rings. The molecule has 1 fully saturated rings. The first-order valence-electron chi connectivity index (χ1n) is 6.68. The van der Waals surface area contributed by atoms with Gasteiger partial charge in [-0.05, 0) is 25.0 Å². The molecule has 21 heavy (non-hydrogen) atoms. The van der Waals surface area contributed by atoms with Gasteiger partial charge < -0.3 is 15.2 Å². The lowest BCUT2D eigenvalue weighted by molar-refractivity contribution is 0.0946. The second-order valence-electron chi connectivity index (χ2n) is 5.06. The minimum Gasteiger partial charge on any atom is -0.348 e. The highest BCUT2D eigenvalue weighted by molar-refractivity contribution is 6.05. The molecule has 0 aliphatic heterocycles. The Kier molecular flexibility index (Phi) is 3.39. The van der Waals surface area contributed by atoms with Crippen LogP contribution in [0.15, 0.2) is 30.9 Å². The summed E-state index contributed by atoms with van der Waals surface area (Å²) in [6.07, 6.45) is 6.75. The predicted octanol–water partition coefficient (Wildman–Crippen LogP) is 0.960. The van der Waals surface area contributed by atoms with Crippen LogP contribution in [0.2, 0.25) is 0 Å². The predicted molar refractivity (Wildman–Crippen MR) is 75.9 cm³/mol. The molecule has 0 saturated heterocycles. The van der Waals surface area contributed by atoms with Crippen LogP contribution >= 0.6 is 0 Å². The van der Waals surface area contributed by atoms with Crippen LogP contribution in [0.5, 0.6) is 0 Å². The molecule has 0 radical (unpaired) electrons. The van der Waals surface area contributed by atoms with Crippen LogP contribution in [0.4, 0.5) is 5.82 Å². The molecule has 2 aromatic rings. The van der Waals surface area contributed by atoms with Crippen LogP contribution < -0.4 is 10.6 Å². The number of pyridine rings is 1. The zero-order valence-electron chi connectivity index (χ0n) is 11.5. The van der Waals surface area contributed by atoms with Crippen molar-refractivity contribution in [3.8, 4) is 0 Å². The van der Waals surface area contributed by atoms with E-state index in [1.54, 1.807) is 23.2 Å². The van der Waals surface area contributed by atoms with Gasteiger partial charge in [-0.25, -0.2) is 4.98 Å². The van der Waals surface area contributed by atoms with Gasteiger partial charge >= 0.3 is 0 Å². The van der Waals surface area contributed by atoms with Crippen LogP contribution in [-0.4, -0.2) is 32.4 Å². The molecule has 0 spiro atoms. The van der Waals surface area contributed by atoms with Crippen molar-refractivity contribution in [2.45, 2.75) is 18.9 Å². The molecule has 7 heteroatoms. The van der Waals surface area contributed by atoms with Crippen LogP contribution in [0.3, 0.4) is 0 Å². The van der Waals surface area contributed by atoms with E-state index in [9.17, 15) is 9.59 Å². The number of hydrogen-bond donors (Lipinski definition) is 2. The highest BCUT2D eigenvalue weighted by Gasteiger charge is 2.24. The van der Waals surface area contributed by atoms with E-state index in [0.29, 0.717) is 11.4 Å². The molecule has 108 valence electrons. The lowest BCUT2D eigenvalue weighted by Gasteiger charge is -2.05. The Morgan fingerprint density at radius 1 is 1.29 bits per heavy atom. The normalized spacial score (nSPS) is 13.8. The average molecular weight is 285 g/mol. The number of anilines is 1. The molecule has 2 amide bonds. The van der Waals surface area contributed by atoms with Crippen molar-refractivity contribution in [3.63, 3.8) is 0 Å². The molecule has 2 heterocycles. The van der Waals surface area contributed by atoms with Gasteiger partial charge in [0.05, 0.1) is 6.33 Å². The number of rotatable bonds is 4. The number of hydrogen-bond acceptors (Lipinski definition) is 4. The molecule has 3 rings (SSSR count). The zero-order valence-corrected chi connectivity index (χ0v) is 11.5. The van der Waals surface area contributed by atoms with Gasteiger partial charge in [0.1, 0.15) is 5.69 Å². The van der Waals surface area contributed by atoms with Crippen molar-refractivity contribution in [3.05, 3.63) is 42.1 Å². The fraction of sp³-hybridized carbons (Fsp3) is 0.286. The number of imidazole rings is 1. The average Bonchev–Trinajstić information content (AvgIpc) is 3.20. The molecule has 1 aliphatic carbocycles. The van der Waals surface area contributed by atoms with Crippen molar-refractivity contribution >= 4 is 17.6 Å². The zero-order chi connectivity index (χ0) is 14.8. The quantitative estimate of drug-likeness (QED) is 0.875. The van der Waals surface area contributed by atoms with Crippen molar-refractivity contribution in [2.24, 2.45) is 7.05 Å². The van der Waals surface area contributed by atoms with Gasteiger partial charge in [0.2, 0.25) is 0 Å². The molecule has 7 nitrogen and oxygen atoms in total. The summed E-state index contributed by atoms with van der Waals surface area (Å²) in [7, 11) is 1.81. The highest BCUT2D eigenvalue weighted by Crippen LogP contribution is 2.19.